The first kappa shape index (κ1) is 17.9. The van der Waals surface area contributed by atoms with Crippen molar-refractivity contribution in [1.29, 1.82) is 0 Å². The molecule has 1 aliphatic carbocycles. The monoisotopic (exact) mass is 347 g/mol. The zero-order valence-electron chi connectivity index (χ0n) is 15.5. The van der Waals surface area contributed by atoms with Crippen LogP contribution in [0.4, 0.5) is 0 Å². The summed E-state index contributed by atoms with van der Waals surface area (Å²) < 4.78 is 1.88. The lowest BCUT2D eigenvalue weighted by Gasteiger charge is -2.34. The first-order valence-corrected chi connectivity index (χ1v) is 9.17. The topological polar surface area (TPSA) is 84.5 Å². The first-order chi connectivity index (χ1) is 11.9. The third kappa shape index (κ3) is 4.03. The Hall–Kier alpha value is -1.89. The van der Waals surface area contributed by atoms with Gasteiger partial charge in [0.05, 0.1) is 18.2 Å². The number of aromatic nitrogens is 2. The quantitative estimate of drug-likeness (QED) is 0.822. The third-order valence-corrected chi connectivity index (χ3v) is 5.49. The minimum Gasteiger partial charge on any atom is -0.369 e. The van der Waals surface area contributed by atoms with Crippen LogP contribution in [0, 0.1) is 19.8 Å². The molecule has 1 aromatic rings. The number of piperidine rings is 1. The van der Waals surface area contributed by atoms with Crippen LogP contribution in [-0.4, -0.2) is 57.1 Å². The van der Waals surface area contributed by atoms with Crippen molar-refractivity contribution in [2.75, 3.05) is 19.6 Å². The molecule has 0 unspecified atom stereocenters. The summed E-state index contributed by atoms with van der Waals surface area (Å²) in [5.41, 5.74) is 8.59. The molecule has 0 radical (unpaired) electrons. The van der Waals surface area contributed by atoms with Gasteiger partial charge >= 0.3 is 0 Å². The number of primary amides is 1. The Bertz CT molecular complexity index is 665. The number of carbonyl (C=O) groups is 2. The van der Waals surface area contributed by atoms with E-state index in [1.165, 1.54) is 0 Å². The fourth-order valence-corrected chi connectivity index (χ4v) is 3.85. The number of amides is 2. The third-order valence-electron chi connectivity index (χ3n) is 5.49. The van der Waals surface area contributed by atoms with Gasteiger partial charge in [0.15, 0.2) is 0 Å². The van der Waals surface area contributed by atoms with Gasteiger partial charge in [0.25, 0.3) is 0 Å². The summed E-state index contributed by atoms with van der Waals surface area (Å²) in [6.45, 7) is 6.43. The van der Waals surface area contributed by atoms with E-state index in [0.717, 1.165) is 49.2 Å². The van der Waals surface area contributed by atoms with E-state index in [0.29, 0.717) is 19.1 Å². The van der Waals surface area contributed by atoms with Gasteiger partial charge in [0, 0.05) is 37.4 Å². The molecule has 0 spiro atoms. The highest BCUT2D eigenvalue weighted by Crippen LogP contribution is 2.32. The van der Waals surface area contributed by atoms with Gasteiger partial charge in [-0.3, -0.25) is 19.2 Å². The van der Waals surface area contributed by atoms with Crippen molar-refractivity contribution in [3.63, 3.8) is 0 Å². The minimum atomic E-state index is -0.325. The van der Waals surface area contributed by atoms with Gasteiger partial charge in [-0.15, -0.1) is 0 Å². The average Bonchev–Trinajstić information content (AvgIpc) is 3.35. The maximum atomic E-state index is 13.2. The van der Waals surface area contributed by atoms with Crippen LogP contribution in [0.3, 0.4) is 0 Å². The Labute approximate surface area is 149 Å². The predicted octanol–water partition coefficient (Wildman–Crippen LogP) is 0.725. The molecule has 7 nitrogen and oxygen atoms in total. The van der Waals surface area contributed by atoms with Crippen molar-refractivity contribution in [1.82, 2.24) is 19.6 Å². The molecule has 1 aromatic heterocycles. The number of aryl methyl sites for hydroxylation is 2. The van der Waals surface area contributed by atoms with Crippen LogP contribution < -0.4 is 5.73 Å². The SMILES string of the molecule is Cc1nn(C)c(C)c1CN(C(=O)[C@@H]1CCCN(CC(N)=O)C1)C1CC1. The Morgan fingerprint density at radius 2 is 2.00 bits per heavy atom. The fraction of sp³-hybridized carbons (Fsp3) is 0.722. The average molecular weight is 347 g/mol. The van der Waals surface area contributed by atoms with Gasteiger partial charge in [-0.1, -0.05) is 0 Å². The molecule has 2 aliphatic rings. The van der Waals surface area contributed by atoms with E-state index in [4.69, 9.17) is 5.73 Å². The molecule has 1 aliphatic heterocycles. The molecule has 1 saturated carbocycles. The summed E-state index contributed by atoms with van der Waals surface area (Å²) >= 11 is 0. The van der Waals surface area contributed by atoms with Crippen molar-refractivity contribution in [3.8, 4) is 0 Å². The zero-order chi connectivity index (χ0) is 18.1. The van der Waals surface area contributed by atoms with E-state index in [1.54, 1.807) is 0 Å². The molecule has 3 rings (SSSR count). The Kier molecular flexibility index (Phi) is 5.13. The van der Waals surface area contributed by atoms with Gasteiger partial charge in [0.1, 0.15) is 0 Å². The second-order valence-corrected chi connectivity index (χ2v) is 7.51. The molecule has 2 fully saturated rings. The van der Waals surface area contributed by atoms with Crippen molar-refractivity contribution in [2.45, 2.75) is 52.1 Å². The minimum absolute atomic E-state index is 0.0361. The lowest BCUT2D eigenvalue weighted by Crippen LogP contribution is -2.47. The number of nitrogens with zero attached hydrogens (tertiary/aromatic N) is 4. The Morgan fingerprint density at radius 1 is 1.28 bits per heavy atom. The van der Waals surface area contributed by atoms with E-state index in [2.05, 4.69) is 16.9 Å². The second-order valence-electron chi connectivity index (χ2n) is 7.51. The van der Waals surface area contributed by atoms with Crippen LogP contribution in [0.25, 0.3) is 0 Å². The van der Waals surface area contributed by atoms with Crippen molar-refractivity contribution < 1.29 is 9.59 Å². The van der Waals surface area contributed by atoms with Gasteiger partial charge < -0.3 is 10.6 Å². The summed E-state index contributed by atoms with van der Waals surface area (Å²) in [6.07, 6.45) is 4.00. The van der Waals surface area contributed by atoms with Crippen molar-refractivity contribution >= 4 is 11.8 Å². The lowest BCUT2D eigenvalue weighted by atomic mass is 9.96. The molecule has 7 heteroatoms. The normalized spacial score (nSPS) is 21.3. The molecule has 2 amide bonds. The summed E-state index contributed by atoms with van der Waals surface area (Å²) in [5, 5.41) is 4.48. The van der Waals surface area contributed by atoms with Gasteiger partial charge in [-0.2, -0.15) is 5.10 Å². The molecule has 1 atom stereocenters. The summed E-state index contributed by atoms with van der Waals surface area (Å²) in [4.78, 5) is 28.5. The first-order valence-electron chi connectivity index (χ1n) is 9.17. The molecular weight excluding hydrogens is 318 g/mol. The van der Waals surface area contributed by atoms with E-state index < -0.39 is 0 Å². The van der Waals surface area contributed by atoms with Crippen molar-refractivity contribution in [3.05, 3.63) is 17.0 Å². The lowest BCUT2D eigenvalue weighted by molar-refractivity contribution is -0.139. The molecular formula is C18H29N5O2. The second kappa shape index (κ2) is 7.15. The molecule has 0 aromatic carbocycles. The van der Waals surface area contributed by atoms with E-state index in [9.17, 15) is 9.59 Å². The number of nitrogens with two attached hydrogens (primary N) is 1. The number of hydrogen-bond acceptors (Lipinski definition) is 4. The van der Waals surface area contributed by atoms with Crippen LogP contribution in [-0.2, 0) is 23.2 Å². The highest BCUT2D eigenvalue weighted by atomic mass is 16.2. The summed E-state index contributed by atoms with van der Waals surface area (Å²) in [6, 6.07) is 0.359. The van der Waals surface area contributed by atoms with E-state index >= 15 is 0 Å². The standard InChI is InChI=1S/C18H29N5O2/c1-12-16(13(2)21(3)20-12)10-23(15-6-7-15)18(25)14-5-4-8-22(9-14)11-17(19)24/h14-15H,4-11H2,1-3H3,(H2,19,24)/t14-/m1/s1. The fourth-order valence-electron chi connectivity index (χ4n) is 3.85. The maximum absolute atomic E-state index is 13.2. The molecule has 0 bridgehead atoms. The van der Waals surface area contributed by atoms with Crippen LogP contribution in [0.2, 0.25) is 0 Å². The largest absolute Gasteiger partial charge is 0.369 e. The summed E-state index contributed by atoms with van der Waals surface area (Å²) in [7, 11) is 1.94. The molecule has 1 saturated heterocycles. The smallest absolute Gasteiger partial charge is 0.231 e. The number of rotatable bonds is 6. The molecule has 2 heterocycles. The molecule has 2 N–H and O–H groups in total. The highest BCUT2D eigenvalue weighted by molar-refractivity contribution is 5.80. The molecule has 25 heavy (non-hydrogen) atoms. The number of hydrogen-bond donors (Lipinski definition) is 1. The van der Waals surface area contributed by atoms with Gasteiger partial charge in [-0.05, 0) is 46.1 Å². The van der Waals surface area contributed by atoms with Crippen LogP contribution in [0.1, 0.15) is 42.6 Å². The zero-order valence-corrected chi connectivity index (χ0v) is 15.5. The number of likely N-dealkylation sites (tertiary alicyclic amines) is 1. The van der Waals surface area contributed by atoms with Gasteiger partial charge in [-0.25, -0.2) is 0 Å². The van der Waals surface area contributed by atoms with Crippen LogP contribution in [0.5, 0.6) is 0 Å². The summed E-state index contributed by atoms with van der Waals surface area (Å²) in [5.74, 6) is -0.140. The highest BCUT2D eigenvalue weighted by Gasteiger charge is 2.38. The Balaban J connectivity index is 1.72. The number of carbonyl (C=O) groups excluding carboxylic acids is 2. The van der Waals surface area contributed by atoms with Gasteiger partial charge in [0.2, 0.25) is 11.8 Å². The maximum Gasteiger partial charge on any atom is 0.231 e. The van der Waals surface area contributed by atoms with Crippen LogP contribution in [0.15, 0.2) is 0 Å². The Morgan fingerprint density at radius 3 is 2.56 bits per heavy atom. The van der Waals surface area contributed by atoms with Crippen molar-refractivity contribution in [2.24, 2.45) is 18.7 Å². The predicted molar refractivity (Wildman–Crippen MR) is 94.6 cm³/mol. The van der Waals surface area contributed by atoms with E-state index in [-0.39, 0.29) is 24.3 Å². The van der Waals surface area contributed by atoms with E-state index in [1.807, 2.05) is 23.6 Å². The molecule has 138 valence electrons. The van der Waals surface area contributed by atoms with Crippen LogP contribution >= 0.6 is 0 Å².